The molecule has 0 amide bonds. The molecule has 3 nitrogen and oxygen atoms in total. The summed E-state index contributed by atoms with van der Waals surface area (Å²) in [7, 11) is 0. The van der Waals surface area contributed by atoms with Gasteiger partial charge in [0, 0.05) is 14.7 Å². The highest BCUT2D eigenvalue weighted by atomic mass is 127. The summed E-state index contributed by atoms with van der Waals surface area (Å²) in [6, 6.07) is 10.4. The number of nitrogen functional groups attached to an aromatic ring is 1. The Labute approximate surface area is 132 Å². The van der Waals surface area contributed by atoms with Gasteiger partial charge in [0.1, 0.15) is 11.6 Å². The van der Waals surface area contributed by atoms with Gasteiger partial charge in [0.2, 0.25) is 0 Å². The topological polar surface area (TPSA) is 52.0 Å². The van der Waals surface area contributed by atoms with Crippen LogP contribution in [0.3, 0.4) is 0 Å². The van der Waals surface area contributed by atoms with E-state index in [2.05, 4.69) is 5.16 Å². The Morgan fingerprint density at radius 2 is 1.81 bits per heavy atom. The van der Waals surface area contributed by atoms with Crippen LogP contribution in [0.15, 0.2) is 47.0 Å². The molecule has 0 spiro atoms. The lowest BCUT2D eigenvalue weighted by Crippen LogP contribution is -1.92. The van der Waals surface area contributed by atoms with Gasteiger partial charge in [-0.1, -0.05) is 23.4 Å². The second kappa shape index (κ2) is 5.44. The summed E-state index contributed by atoms with van der Waals surface area (Å²) in [4.78, 5) is 0. The number of hydrogen-bond donors (Lipinski definition) is 1. The smallest absolute Gasteiger partial charge is 0.178 e. The predicted molar refractivity (Wildman–Crippen MR) is 84.4 cm³/mol. The molecule has 0 bridgehead atoms. The summed E-state index contributed by atoms with van der Waals surface area (Å²) in [6.45, 7) is 0. The third-order valence-electron chi connectivity index (χ3n) is 3.04. The molecule has 3 aromatic rings. The Balaban J connectivity index is 2.25. The molecule has 0 unspecified atom stereocenters. The minimum atomic E-state index is -0.425. The maximum Gasteiger partial charge on any atom is 0.178 e. The van der Waals surface area contributed by atoms with Gasteiger partial charge in [-0.3, -0.25) is 0 Å². The zero-order chi connectivity index (χ0) is 15.0. The Bertz CT molecular complexity index is 817. The van der Waals surface area contributed by atoms with Crippen LogP contribution in [-0.4, -0.2) is 5.16 Å². The van der Waals surface area contributed by atoms with E-state index in [1.54, 1.807) is 24.3 Å². The van der Waals surface area contributed by atoms with Crippen molar-refractivity contribution in [2.75, 3.05) is 5.73 Å². The van der Waals surface area contributed by atoms with E-state index < -0.39 is 5.82 Å². The first-order valence-electron chi connectivity index (χ1n) is 6.03. The van der Waals surface area contributed by atoms with Gasteiger partial charge in [0.15, 0.2) is 11.6 Å². The molecule has 21 heavy (non-hydrogen) atoms. The van der Waals surface area contributed by atoms with Crippen molar-refractivity contribution >= 4 is 28.4 Å². The van der Waals surface area contributed by atoms with Crippen LogP contribution in [-0.2, 0) is 0 Å². The molecule has 0 aliphatic rings. The monoisotopic (exact) mass is 398 g/mol. The molecule has 0 radical (unpaired) electrons. The minimum Gasteiger partial charge on any atom is -0.380 e. The first kappa shape index (κ1) is 14.0. The van der Waals surface area contributed by atoms with E-state index in [1.807, 2.05) is 22.6 Å². The lowest BCUT2D eigenvalue weighted by Gasteiger charge is -2.06. The first-order chi connectivity index (χ1) is 10.1. The Kier molecular flexibility index (Phi) is 3.62. The maximum absolute atomic E-state index is 14.0. The third-order valence-corrected chi connectivity index (χ3v) is 3.93. The second-order valence-electron chi connectivity index (χ2n) is 4.38. The molecule has 1 heterocycles. The predicted octanol–water partition coefficient (Wildman–Crippen LogP) is 4.47. The van der Waals surface area contributed by atoms with Crippen LogP contribution in [0.5, 0.6) is 0 Å². The summed E-state index contributed by atoms with van der Waals surface area (Å²) in [5.41, 5.74) is 7.09. The van der Waals surface area contributed by atoms with E-state index in [-0.39, 0.29) is 11.6 Å². The fourth-order valence-electron chi connectivity index (χ4n) is 2.08. The standard InChI is InChI=1S/C15H9F2IN2O/c16-8-5-6-10(12(18)7-8)14-13(15(19)20-21-14)9-3-1-2-4-11(9)17/h1-7H,(H2,19,20). The molecule has 1 aromatic heterocycles. The van der Waals surface area contributed by atoms with Crippen molar-refractivity contribution in [3.8, 4) is 22.5 Å². The Morgan fingerprint density at radius 3 is 2.52 bits per heavy atom. The van der Waals surface area contributed by atoms with Crippen LogP contribution >= 0.6 is 22.6 Å². The van der Waals surface area contributed by atoms with E-state index >= 15 is 0 Å². The highest BCUT2D eigenvalue weighted by Gasteiger charge is 2.21. The number of rotatable bonds is 2. The largest absolute Gasteiger partial charge is 0.380 e. The first-order valence-corrected chi connectivity index (χ1v) is 7.11. The van der Waals surface area contributed by atoms with Crippen molar-refractivity contribution in [3.63, 3.8) is 0 Å². The van der Waals surface area contributed by atoms with E-state index in [9.17, 15) is 8.78 Å². The van der Waals surface area contributed by atoms with Crippen LogP contribution in [0.1, 0.15) is 0 Å². The number of nitrogens with zero attached hydrogens (tertiary/aromatic N) is 1. The molecule has 6 heteroatoms. The van der Waals surface area contributed by atoms with Crippen LogP contribution < -0.4 is 5.73 Å². The summed E-state index contributed by atoms with van der Waals surface area (Å²) in [5.74, 6) is -0.369. The van der Waals surface area contributed by atoms with Gasteiger partial charge in [0.05, 0.1) is 5.56 Å². The van der Waals surface area contributed by atoms with Gasteiger partial charge in [0.25, 0.3) is 0 Å². The minimum absolute atomic E-state index is 0.0928. The highest BCUT2D eigenvalue weighted by Crippen LogP contribution is 2.39. The van der Waals surface area contributed by atoms with Crippen LogP contribution in [0, 0.1) is 15.2 Å². The zero-order valence-corrected chi connectivity index (χ0v) is 12.8. The third kappa shape index (κ3) is 2.51. The van der Waals surface area contributed by atoms with E-state index in [4.69, 9.17) is 10.3 Å². The van der Waals surface area contributed by atoms with Gasteiger partial charge in [-0.05, 0) is 46.9 Å². The molecular weight excluding hydrogens is 389 g/mol. The Morgan fingerprint density at radius 1 is 1.05 bits per heavy atom. The summed E-state index contributed by atoms with van der Waals surface area (Å²) >= 11 is 1.98. The number of benzene rings is 2. The molecule has 0 aliphatic heterocycles. The van der Waals surface area contributed by atoms with Gasteiger partial charge >= 0.3 is 0 Å². The number of aromatic nitrogens is 1. The van der Waals surface area contributed by atoms with Gasteiger partial charge < -0.3 is 10.3 Å². The molecule has 0 atom stereocenters. The zero-order valence-electron chi connectivity index (χ0n) is 10.6. The highest BCUT2D eigenvalue weighted by molar-refractivity contribution is 14.1. The Hall–Kier alpha value is -1.96. The van der Waals surface area contributed by atoms with Gasteiger partial charge in [-0.15, -0.1) is 0 Å². The second-order valence-corrected chi connectivity index (χ2v) is 5.54. The summed E-state index contributed by atoms with van der Waals surface area (Å²) in [6.07, 6.45) is 0. The lowest BCUT2D eigenvalue weighted by atomic mass is 10.0. The van der Waals surface area contributed by atoms with E-state index in [0.29, 0.717) is 26.0 Å². The number of halogens is 3. The fourth-order valence-corrected chi connectivity index (χ4v) is 2.81. The van der Waals surface area contributed by atoms with E-state index in [1.165, 1.54) is 18.2 Å². The molecule has 0 saturated carbocycles. The van der Waals surface area contributed by atoms with Gasteiger partial charge in [-0.25, -0.2) is 8.78 Å². The molecule has 3 rings (SSSR count). The van der Waals surface area contributed by atoms with Crippen LogP contribution in [0.4, 0.5) is 14.6 Å². The molecule has 0 aliphatic carbocycles. The lowest BCUT2D eigenvalue weighted by molar-refractivity contribution is 0.435. The van der Waals surface area contributed by atoms with Crippen molar-refractivity contribution in [2.24, 2.45) is 0 Å². The average Bonchev–Trinajstić information content (AvgIpc) is 2.81. The van der Waals surface area contributed by atoms with E-state index in [0.717, 1.165) is 0 Å². The molecule has 0 saturated heterocycles. The quantitative estimate of drug-likeness (QED) is 0.648. The molecular formula is C15H9F2IN2O. The SMILES string of the molecule is Nc1noc(-c2ccc(F)cc2I)c1-c1ccccc1F. The fraction of sp³-hybridized carbons (Fsp3) is 0. The van der Waals surface area contributed by atoms with Crippen molar-refractivity contribution in [2.45, 2.75) is 0 Å². The average molecular weight is 398 g/mol. The van der Waals surface area contributed by atoms with Crippen molar-refractivity contribution in [3.05, 3.63) is 57.7 Å². The molecule has 2 aromatic carbocycles. The molecule has 106 valence electrons. The molecule has 2 N–H and O–H groups in total. The summed E-state index contributed by atoms with van der Waals surface area (Å²) < 4.78 is 33.1. The van der Waals surface area contributed by atoms with Gasteiger partial charge in [-0.2, -0.15) is 0 Å². The number of anilines is 1. The molecule has 0 fully saturated rings. The summed E-state index contributed by atoms with van der Waals surface area (Å²) in [5, 5.41) is 3.71. The number of hydrogen-bond acceptors (Lipinski definition) is 3. The van der Waals surface area contributed by atoms with Crippen LogP contribution in [0.25, 0.3) is 22.5 Å². The van der Waals surface area contributed by atoms with Crippen molar-refractivity contribution < 1.29 is 13.3 Å². The van der Waals surface area contributed by atoms with Crippen molar-refractivity contribution in [1.82, 2.24) is 5.16 Å². The normalized spacial score (nSPS) is 10.8. The maximum atomic E-state index is 14.0. The van der Waals surface area contributed by atoms with Crippen LogP contribution in [0.2, 0.25) is 0 Å². The van der Waals surface area contributed by atoms with Crippen molar-refractivity contribution in [1.29, 1.82) is 0 Å². The number of nitrogens with two attached hydrogens (primary N) is 1.